The van der Waals surface area contributed by atoms with E-state index < -0.39 is 17.2 Å². The Bertz CT molecular complexity index is 912. The summed E-state index contributed by atoms with van der Waals surface area (Å²) in [6.45, 7) is 5.56. The van der Waals surface area contributed by atoms with Gasteiger partial charge < -0.3 is 4.74 Å². The number of benzene rings is 1. The van der Waals surface area contributed by atoms with Gasteiger partial charge in [-0.2, -0.15) is 5.10 Å². The van der Waals surface area contributed by atoms with Gasteiger partial charge in [0, 0.05) is 30.3 Å². The molecule has 7 heteroatoms. The first-order valence-electron chi connectivity index (χ1n) is 9.67. The zero-order valence-corrected chi connectivity index (χ0v) is 16.6. The van der Waals surface area contributed by atoms with E-state index in [1.54, 1.807) is 11.7 Å². The molecule has 1 aromatic heterocycles. The third-order valence-corrected chi connectivity index (χ3v) is 5.42. The fourth-order valence-electron chi connectivity index (χ4n) is 4.48. The van der Waals surface area contributed by atoms with Crippen LogP contribution in [0.1, 0.15) is 57.3 Å². The molecule has 3 heterocycles. The second kappa shape index (κ2) is 6.57. The molecule has 1 aromatic carbocycles. The van der Waals surface area contributed by atoms with Crippen molar-refractivity contribution < 1.29 is 18.3 Å². The quantitative estimate of drug-likeness (QED) is 0.707. The molecule has 1 amide bonds. The van der Waals surface area contributed by atoms with Crippen molar-refractivity contribution in [2.75, 3.05) is 0 Å². The predicted molar refractivity (Wildman–Crippen MR) is 101 cm³/mol. The summed E-state index contributed by atoms with van der Waals surface area (Å²) in [5.41, 5.74) is 2.40. The maximum absolute atomic E-state index is 13.8. The first-order valence-corrected chi connectivity index (χ1v) is 9.67. The third-order valence-electron chi connectivity index (χ3n) is 5.42. The Morgan fingerprint density at radius 1 is 1.18 bits per heavy atom. The minimum absolute atomic E-state index is 0.00227. The van der Waals surface area contributed by atoms with Crippen LogP contribution in [0.25, 0.3) is 11.3 Å². The Kier molecular flexibility index (Phi) is 4.43. The highest BCUT2D eigenvalue weighted by Crippen LogP contribution is 2.45. The summed E-state index contributed by atoms with van der Waals surface area (Å²) in [5.74, 6) is -1.23. The molecule has 0 aliphatic carbocycles. The predicted octanol–water partition coefficient (Wildman–Crippen LogP) is 4.75. The molecule has 0 radical (unpaired) electrons. The lowest BCUT2D eigenvalue weighted by atomic mass is 9.82. The van der Waals surface area contributed by atoms with E-state index in [1.807, 2.05) is 25.7 Å². The maximum atomic E-state index is 13.8. The number of halogens is 2. The average Bonchev–Trinajstić information content (AvgIpc) is 2.87. The zero-order chi connectivity index (χ0) is 20.2. The van der Waals surface area contributed by atoms with Crippen LogP contribution in [0.4, 0.5) is 13.6 Å². The second-order valence-electron chi connectivity index (χ2n) is 8.69. The summed E-state index contributed by atoms with van der Waals surface area (Å²) >= 11 is 0. The first kappa shape index (κ1) is 18.9. The van der Waals surface area contributed by atoms with E-state index in [0.717, 1.165) is 36.6 Å². The largest absolute Gasteiger partial charge is 0.444 e. The molecule has 0 N–H and O–H groups in total. The van der Waals surface area contributed by atoms with Crippen LogP contribution in [0.2, 0.25) is 0 Å². The van der Waals surface area contributed by atoms with Gasteiger partial charge in [0.1, 0.15) is 17.2 Å². The van der Waals surface area contributed by atoms with Crippen molar-refractivity contribution in [2.45, 2.75) is 64.1 Å². The molecule has 4 rings (SSSR count). The highest BCUT2D eigenvalue weighted by Gasteiger charge is 2.44. The number of hydrogen-bond acceptors (Lipinski definition) is 3. The topological polar surface area (TPSA) is 47.4 Å². The van der Waals surface area contributed by atoms with E-state index >= 15 is 0 Å². The average molecular weight is 389 g/mol. The standard InChI is InChI=1S/C21H25F2N3O2/c1-21(2,3)28-20(27)26-15-6-5-7-17(26)18-16(11-15)19(25(4)24-18)12-8-13(22)10-14(23)9-12/h8-10,15,17H,5-7,11H2,1-4H3/t15-,17+/m1/s1. The van der Waals surface area contributed by atoms with Gasteiger partial charge in [0.05, 0.1) is 17.4 Å². The summed E-state index contributed by atoms with van der Waals surface area (Å²) in [7, 11) is 1.78. The van der Waals surface area contributed by atoms with Crippen molar-refractivity contribution in [1.29, 1.82) is 0 Å². The van der Waals surface area contributed by atoms with E-state index in [4.69, 9.17) is 4.74 Å². The molecule has 5 nitrogen and oxygen atoms in total. The SMILES string of the molecule is Cn1nc2c(c1-c1cc(F)cc(F)c1)C[C@H]1CCC[C@@H]2N1C(=O)OC(C)(C)C. The van der Waals surface area contributed by atoms with Crippen molar-refractivity contribution in [1.82, 2.24) is 14.7 Å². The van der Waals surface area contributed by atoms with Gasteiger partial charge in [-0.25, -0.2) is 13.6 Å². The van der Waals surface area contributed by atoms with E-state index in [9.17, 15) is 13.6 Å². The van der Waals surface area contributed by atoms with Crippen LogP contribution < -0.4 is 0 Å². The molecule has 0 saturated carbocycles. The van der Waals surface area contributed by atoms with Crippen molar-refractivity contribution in [3.8, 4) is 11.3 Å². The summed E-state index contributed by atoms with van der Waals surface area (Å²) in [6.07, 6.45) is 2.97. The highest BCUT2D eigenvalue weighted by molar-refractivity contribution is 5.72. The maximum Gasteiger partial charge on any atom is 0.411 e. The highest BCUT2D eigenvalue weighted by atomic mass is 19.1. The summed E-state index contributed by atoms with van der Waals surface area (Å²) in [6, 6.07) is 3.36. The van der Waals surface area contributed by atoms with Gasteiger partial charge in [0.2, 0.25) is 0 Å². The lowest BCUT2D eigenvalue weighted by Gasteiger charge is -2.45. The van der Waals surface area contributed by atoms with Gasteiger partial charge in [-0.15, -0.1) is 0 Å². The van der Waals surface area contributed by atoms with Crippen molar-refractivity contribution in [3.63, 3.8) is 0 Å². The lowest BCUT2D eigenvalue weighted by molar-refractivity contribution is -0.0103. The zero-order valence-electron chi connectivity index (χ0n) is 16.6. The van der Waals surface area contributed by atoms with E-state index in [0.29, 0.717) is 17.7 Å². The Balaban J connectivity index is 1.77. The van der Waals surface area contributed by atoms with Crippen LogP contribution >= 0.6 is 0 Å². The number of aryl methyl sites for hydroxylation is 1. The number of nitrogens with zero attached hydrogens (tertiary/aromatic N) is 3. The summed E-state index contributed by atoms with van der Waals surface area (Å²) < 4.78 is 34.9. The number of amides is 1. The molecule has 150 valence electrons. The molecule has 0 unspecified atom stereocenters. The van der Waals surface area contributed by atoms with Crippen LogP contribution in [0, 0.1) is 11.6 Å². The molecular weight excluding hydrogens is 364 g/mol. The molecule has 2 aliphatic rings. The Morgan fingerprint density at radius 3 is 2.50 bits per heavy atom. The van der Waals surface area contributed by atoms with Crippen molar-refractivity contribution >= 4 is 6.09 Å². The number of fused-ring (bicyclic) bond motifs is 4. The lowest BCUT2D eigenvalue weighted by Crippen LogP contribution is -2.51. The Hall–Kier alpha value is -2.44. The monoisotopic (exact) mass is 389 g/mol. The molecule has 0 spiro atoms. The molecular formula is C21H25F2N3O2. The van der Waals surface area contributed by atoms with Crippen LogP contribution in [-0.2, 0) is 18.2 Å². The summed E-state index contributed by atoms with van der Waals surface area (Å²) in [4.78, 5) is 14.7. The number of piperidine rings is 1. The van der Waals surface area contributed by atoms with Gasteiger partial charge in [-0.05, 0) is 58.6 Å². The third kappa shape index (κ3) is 3.27. The molecule has 2 bridgehead atoms. The van der Waals surface area contributed by atoms with Crippen molar-refractivity contribution in [3.05, 3.63) is 41.1 Å². The van der Waals surface area contributed by atoms with Crippen molar-refractivity contribution in [2.24, 2.45) is 7.05 Å². The van der Waals surface area contributed by atoms with Crippen LogP contribution in [0.5, 0.6) is 0 Å². The van der Waals surface area contributed by atoms with Gasteiger partial charge >= 0.3 is 6.09 Å². The number of aromatic nitrogens is 2. The molecule has 28 heavy (non-hydrogen) atoms. The van der Waals surface area contributed by atoms with Gasteiger partial charge in [-0.1, -0.05) is 0 Å². The van der Waals surface area contributed by atoms with Gasteiger partial charge in [0.15, 0.2) is 0 Å². The molecule has 2 aromatic rings. The van der Waals surface area contributed by atoms with Gasteiger partial charge in [0.25, 0.3) is 0 Å². The number of carbonyl (C=O) groups is 1. The van der Waals surface area contributed by atoms with Crippen LogP contribution in [0.3, 0.4) is 0 Å². The molecule has 1 saturated heterocycles. The number of carbonyl (C=O) groups excluding carboxylic acids is 1. The number of hydrogen-bond donors (Lipinski definition) is 0. The summed E-state index contributed by atoms with van der Waals surface area (Å²) in [5, 5.41) is 4.66. The molecule has 2 aliphatic heterocycles. The van der Waals surface area contributed by atoms with E-state index in [1.165, 1.54) is 12.1 Å². The van der Waals surface area contributed by atoms with Crippen LogP contribution in [0.15, 0.2) is 18.2 Å². The Morgan fingerprint density at radius 2 is 1.86 bits per heavy atom. The van der Waals surface area contributed by atoms with E-state index in [2.05, 4.69) is 5.10 Å². The second-order valence-corrected chi connectivity index (χ2v) is 8.69. The minimum Gasteiger partial charge on any atom is -0.444 e. The Labute approximate surface area is 163 Å². The first-order chi connectivity index (χ1) is 13.1. The molecule has 2 atom stereocenters. The number of rotatable bonds is 1. The van der Waals surface area contributed by atoms with Gasteiger partial charge in [-0.3, -0.25) is 9.58 Å². The fourth-order valence-corrected chi connectivity index (χ4v) is 4.48. The fraction of sp³-hybridized carbons (Fsp3) is 0.524. The normalized spacial score (nSPS) is 21.4. The molecule has 1 fully saturated rings. The number of ether oxygens (including phenoxy) is 1. The smallest absolute Gasteiger partial charge is 0.411 e. The van der Waals surface area contributed by atoms with E-state index in [-0.39, 0.29) is 18.2 Å². The van der Waals surface area contributed by atoms with Crippen LogP contribution in [-0.4, -0.2) is 32.4 Å². The minimum atomic E-state index is -0.615.